The van der Waals surface area contributed by atoms with Crippen LogP contribution in [-0.4, -0.2) is 67.8 Å². The van der Waals surface area contributed by atoms with Gasteiger partial charge in [0, 0.05) is 25.4 Å². The average molecular weight is 482 g/mol. The van der Waals surface area contributed by atoms with Crippen LogP contribution in [0.5, 0.6) is 0 Å². The number of hydrogen-bond donors (Lipinski definition) is 3. The lowest BCUT2D eigenvalue weighted by Crippen LogP contribution is -2.48. The van der Waals surface area contributed by atoms with Crippen molar-refractivity contribution in [2.45, 2.75) is 32.2 Å². The number of carboxylic acids is 1. The van der Waals surface area contributed by atoms with Gasteiger partial charge in [-0.25, -0.2) is 9.59 Å². The second-order valence-corrected chi connectivity index (χ2v) is 9.64. The number of aliphatic carboxylic acids is 1. The number of carbonyl (C=O) groups is 3. The van der Waals surface area contributed by atoms with Gasteiger partial charge in [0.25, 0.3) is 0 Å². The van der Waals surface area contributed by atoms with Crippen molar-refractivity contribution in [3.05, 3.63) is 59.7 Å². The SMILES string of the molecule is CC(C)C(CNC(=O)OCC1c2ccccc2-c2ccccc21)CC(=O)N[C@@H](CN(C)C)C(=O)O. The number of likely N-dealkylation sites (N-methyl/N-ethyl adjacent to an activating group) is 1. The maximum Gasteiger partial charge on any atom is 0.407 e. The first-order chi connectivity index (χ1) is 16.7. The largest absolute Gasteiger partial charge is 0.480 e. The van der Waals surface area contributed by atoms with Gasteiger partial charge in [0.15, 0.2) is 0 Å². The monoisotopic (exact) mass is 481 g/mol. The molecular weight excluding hydrogens is 446 g/mol. The number of amides is 2. The van der Waals surface area contributed by atoms with Crippen molar-refractivity contribution < 1.29 is 24.2 Å². The predicted molar refractivity (Wildman–Crippen MR) is 134 cm³/mol. The lowest BCUT2D eigenvalue weighted by molar-refractivity contribution is -0.142. The fourth-order valence-corrected chi connectivity index (χ4v) is 4.45. The zero-order valence-electron chi connectivity index (χ0n) is 20.8. The topological polar surface area (TPSA) is 108 Å². The normalized spacial score (nSPS) is 14.2. The van der Waals surface area contributed by atoms with E-state index in [0.717, 1.165) is 22.3 Å². The highest BCUT2D eigenvalue weighted by Crippen LogP contribution is 2.44. The maximum atomic E-state index is 12.5. The van der Waals surface area contributed by atoms with Crippen LogP contribution in [0.1, 0.15) is 37.3 Å². The molecule has 0 fully saturated rings. The number of rotatable bonds is 11. The molecule has 0 bridgehead atoms. The standard InChI is InChI=1S/C27H35N3O5/c1-17(2)18(13-25(31)29-24(26(32)33)15-30(3)4)14-28-27(34)35-16-23-21-11-7-5-9-19(21)20-10-6-8-12-22(20)23/h5-12,17-18,23-24H,13-16H2,1-4H3,(H,28,34)(H,29,31)(H,32,33)/t18?,24-/m0/s1. The van der Waals surface area contributed by atoms with Crippen molar-refractivity contribution in [3.63, 3.8) is 0 Å². The molecule has 2 aromatic carbocycles. The third-order valence-electron chi connectivity index (χ3n) is 6.42. The summed E-state index contributed by atoms with van der Waals surface area (Å²) in [5.41, 5.74) is 4.61. The van der Waals surface area contributed by atoms with Crippen LogP contribution in [-0.2, 0) is 14.3 Å². The van der Waals surface area contributed by atoms with E-state index in [1.807, 2.05) is 38.1 Å². The molecule has 2 amide bonds. The highest BCUT2D eigenvalue weighted by molar-refractivity contribution is 5.84. The summed E-state index contributed by atoms with van der Waals surface area (Å²) in [4.78, 5) is 38.1. The van der Waals surface area contributed by atoms with Gasteiger partial charge >= 0.3 is 12.1 Å². The van der Waals surface area contributed by atoms with E-state index in [-0.39, 0.29) is 49.8 Å². The number of nitrogens with one attached hydrogen (secondary N) is 2. The summed E-state index contributed by atoms with van der Waals surface area (Å²) < 4.78 is 5.58. The van der Waals surface area contributed by atoms with Crippen LogP contribution in [0.25, 0.3) is 11.1 Å². The Kier molecular flexibility index (Phi) is 8.87. The van der Waals surface area contributed by atoms with Gasteiger partial charge in [-0.3, -0.25) is 4.79 Å². The summed E-state index contributed by atoms with van der Waals surface area (Å²) in [6, 6.07) is 15.3. The first-order valence-corrected chi connectivity index (χ1v) is 11.9. The molecule has 0 radical (unpaired) electrons. The summed E-state index contributed by atoms with van der Waals surface area (Å²) in [5.74, 6) is -1.52. The van der Waals surface area contributed by atoms with Crippen molar-refractivity contribution >= 4 is 18.0 Å². The molecule has 0 aliphatic heterocycles. The van der Waals surface area contributed by atoms with Crippen LogP contribution in [0, 0.1) is 11.8 Å². The Balaban J connectivity index is 1.53. The van der Waals surface area contributed by atoms with Gasteiger partial charge in [0.2, 0.25) is 5.91 Å². The van der Waals surface area contributed by atoms with E-state index >= 15 is 0 Å². The Bertz CT molecular complexity index is 1010. The summed E-state index contributed by atoms with van der Waals surface area (Å²) in [7, 11) is 3.49. The van der Waals surface area contributed by atoms with E-state index in [4.69, 9.17) is 4.74 Å². The first-order valence-electron chi connectivity index (χ1n) is 11.9. The molecule has 3 rings (SSSR count). The number of fused-ring (bicyclic) bond motifs is 3. The molecule has 3 N–H and O–H groups in total. The molecule has 2 atom stereocenters. The number of ether oxygens (including phenoxy) is 1. The minimum absolute atomic E-state index is 0.0236. The van der Waals surface area contributed by atoms with Crippen LogP contribution < -0.4 is 10.6 Å². The maximum absolute atomic E-state index is 12.5. The Morgan fingerprint density at radius 3 is 2.09 bits per heavy atom. The summed E-state index contributed by atoms with van der Waals surface area (Å²) in [5, 5.41) is 14.7. The van der Waals surface area contributed by atoms with Gasteiger partial charge in [-0.15, -0.1) is 0 Å². The zero-order valence-corrected chi connectivity index (χ0v) is 20.8. The molecule has 1 unspecified atom stereocenters. The van der Waals surface area contributed by atoms with E-state index in [1.54, 1.807) is 19.0 Å². The predicted octanol–water partition coefficient (Wildman–Crippen LogP) is 3.32. The molecule has 0 spiro atoms. The smallest absolute Gasteiger partial charge is 0.407 e. The number of benzene rings is 2. The molecule has 0 aromatic heterocycles. The van der Waals surface area contributed by atoms with Crippen molar-refractivity contribution in [1.82, 2.24) is 15.5 Å². The lowest BCUT2D eigenvalue weighted by Gasteiger charge is -2.23. The summed E-state index contributed by atoms with van der Waals surface area (Å²) in [6.07, 6.45) is -0.424. The Morgan fingerprint density at radius 1 is 1.00 bits per heavy atom. The third kappa shape index (κ3) is 6.82. The Labute approximate surface area is 206 Å². The second-order valence-electron chi connectivity index (χ2n) is 9.64. The molecule has 0 saturated carbocycles. The average Bonchev–Trinajstić information content (AvgIpc) is 3.13. The molecule has 188 valence electrons. The van der Waals surface area contributed by atoms with Gasteiger partial charge in [0.1, 0.15) is 12.6 Å². The van der Waals surface area contributed by atoms with Gasteiger partial charge in [-0.05, 0) is 48.2 Å². The van der Waals surface area contributed by atoms with Crippen molar-refractivity contribution in [2.75, 3.05) is 33.8 Å². The van der Waals surface area contributed by atoms with Gasteiger partial charge in [-0.1, -0.05) is 62.4 Å². The van der Waals surface area contributed by atoms with E-state index in [0.29, 0.717) is 0 Å². The molecule has 1 aliphatic carbocycles. The van der Waals surface area contributed by atoms with Crippen LogP contribution in [0.3, 0.4) is 0 Å². The van der Waals surface area contributed by atoms with E-state index < -0.39 is 18.1 Å². The number of carboxylic acid groups (broad SMARTS) is 1. The quantitative estimate of drug-likeness (QED) is 0.454. The van der Waals surface area contributed by atoms with Gasteiger partial charge < -0.3 is 25.4 Å². The van der Waals surface area contributed by atoms with Gasteiger partial charge in [-0.2, -0.15) is 0 Å². The summed E-state index contributed by atoms with van der Waals surface area (Å²) >= 11 is 0. The van der Waals surface area contributed by atoms with Crippen LogP contribution >= 0.6 is 0 Å². The fraction of sp³-hybridized carbons (Fsp3) is 0.444. The van der Waals surface area contributed by atoms with E-state index in [9.17, 15) is 19.5 Å². The molecule has 8 heteroatoms. The number of alkyl carbamates (subject to hydrolysis) is 1. The highest BCUT2D eigenvalue weighted by Gasteiger charge is 2.29. The lowest BCUT2D eigenvalue weighted by atomic mass is 9.92. The van der Waals surface area contributed by atoms with E-state index in [1.165, 1.54) is 0 Å². The second kappa shape index (κ2) is 11.8. The molecule has 2 aromatic rings. The minimum Gasteiger partial charge on any atom is -0.480 e. The molecule has 8 nitrogen and oxygen atoms in total. The molecule has 1 aliphatic rings. The van der Waals surface area contributed by atoms with E-state index in [2.05, 4.69) is 34.9 Å². The van der Waals surface area contributed by atoms with Crippen LogP contribution in [0.2, 0.25) is 0 Å². The van der Waals surface area contributed by atoms with Gasteiger partial charge in [0.05, 0.1) is 0 Å². The van der Waals surface area contributed by atoms with Crippen molar-refractivity contribution in [3.8, 4) is 11.1 Å². The Morgan fingerprint density at radius 2 is 1.57 bits per heavy atom. The fourth-order valence-electron chi connectivity index (χ4n) is 4.45. The van der Waals surface area contributed by atoms with Crippen molar-refractivity contribution in [1.29, 1.82) is 0 Å². The molecule has 35 heavy (non-hydrogen) atoms. The molecule has 0 heterocycles. The molecular formula is C27H35N3O5. The highest BCUT2D eigenvalue weighted by atomic mass is 16.5. The summed E-state index contributed by atoms with van der Waals surface area (Å²) in [6.45, 7) is 4.60. The van der Waals surface area contributed by atoms with Crippen LogP contribution in [0.4, 0.5) is 4.79 Å². The number of hydrogen-bond acceptors (Lipinski definition) is 5. The van der Waals surface area contributed by atoms with Crippen LogP contribution in [0.15, 0.2) is 48.5 Å². The third-order valence-corrected chi connectivity index (χ3v) is 6.42. The molecule has 0 saturated heterocycles. The minimum atomic E-state index is -1.08. The Hall–Kier alpha value is -3.39. The first kappa shape index (κ1) is 26.2. The zero-order chi connectivity index (χ0) is 25.5. The van der Waals surface area contributed by atoms with Crippen molar-refractivity contribution in [2.24, 2.45) is 11.8 Å². The number of carbonyl (C=O) groups excluding carboxylic acids is 2. The number of nitrogens with zero attached hydrogens (tertiary/aromatic N) is 1.